The van der Waals surface area contributed by atoms with Crippen molar-refractivity contribution in [3.8, 4) is 0 Å². The molecule has 3 nitrogen and oxygen atoms in total. The van der Waals surface area contributed by atoms with Gasteiger partial charge in [0.2, 0.25) is 0 Å². The molecule has 0 aromatic carbocycles. The maximum absolute atomic E-state index is 9.69. The fraction of sp³-hybridized carbons (Fsp3) is 1.00. The van der Waals surface area contributed by atoms with Gasteiger partial charge in [-0.05, 0) is 0 Å². The second kappa shape index (κ2) is 4.24. The van der Waals surface area contributed by atoms with Gasteiger partial charge in [-0.15, -0.1) is 17.6 Å². The summed E-state index contributed by atoms with van der Waals surface area (Å²) < 4.78 is 61.6. The molecule has 0 aliphatic heterocycles. The van der Waals surface area contributed by atoms with E-state index in [0.29, 0.717) is 0 Å². The Morgan fingerprint density at radius 1 is 1.11 bits per heavy atom. The Balaban J connectivity index is 0. The Hall–Kier alpha value is -0.660. The average Bonchev–Trinajstić information content (AvgIpc) is 1.19. The number of alkyl halides is 4. The first-order valence-corrected chi connectivity index (χ1v) is 2.37. The van der Waals surface area contributed by atoms with Crippen molar-refractivity contribution in [3.05, 3.63) is 0 Å². The van der Waals surface area contributed by atoms with E-state index in [9.17, 15) is 17.6 Å². The molecular formula is CHF4NO2S. The maximum Gasteiger partial charge on any atom is 0.559 e. The molecule has 0 aliphatic rings. The predicted molar refractivity (Wildman–Crippen MR) is 18.8 cm³/mol. The molecule has 0 radical (unpaired) electrons. The van der Waals surface area contributed by atoms with Crippen LogP contribution >= 0.6 is 0 Å². The zero-order valence-electron chi connectivity index (χ0n) is 3.74. The predicted octanol–water partition coefficient (Wildman–Crippen LogP) is 1.10. The molecule has 0 atom stereocenters. The van der Waals surface area contributed by atoms with Crippen LogP contribution in [0.2, 0.25) is 0 Å². The van der Waals surface area contributed by atoms with Gasteiger partial charge in [0.25, 0.3) is 0 Å². The molecule has 0 aromatic heterocycles. The van der Waals surface area contributed by atoms with E-state index in [0.717, 1.165) is 0 Å². The molecule has 0 heterocycles. The molecule has 0 spiro atoms. The van der Waals surface area contributed by atoms with Gasteiger partial charge in [0.15, 0.2) is 0 Å². The van der Waals surface area contributed by atoms with E-state index in [-0.39, 0.29) is 0 Å². The third-order valence-electron chi connectivity index (χ3n) is 0. The van der Waals surface area contributed by atoms with Crippen molar-refractivity contribution < 1.29 is 26.0 Å². The van der Waals surface area contributed by atoms with Crippen LogP contribution in [0.1, 0.15) is 0 Å². The van der Waals surface area contributed by atoms with E-state index in [1.165, 1.54) is 0 Å². The van der Waals surface area contributed by atoms with Crippen molar-refractivity contribution in [3.63, 3.8) is 0 Å². The molecule has 9 heavy (non-hydrogen) atoms. The van der Waals surface area contributed by atoms with E-state index in [4.69, 9.17) is 13.2 Å². The molecule has 0 fully saturated rings. The monoisotopic (exact) mass is 167 g/mol. The molecule has 1 N–H and O–H groups in total. The Morgan fingerprint density at radius 3 is 1.11 bits per heavy atom. The van der Waals surface area contributed by atoms with Crippen molar-refractivity contribution in [2.75, 3.05) is 0 Å². The largest absolute Gasteiger partial charge is 0.559 e. The van der Waals surface area contributed by atoms with Gasteiger partial charge < -0.3 is 0 Å². The number of nitrogens with one attached hydrogen (secondary N) is 1. The topological polar surface area (TPSA) is 58.0 Å². The fourth-order valence-corrected chi connectivity index (χ4v) is 0. The minimum atomic E-state index is -5.50. The Labute approximate surface area is 48.8 Å². The van der Waals surface area contributed by atoms with E-state index >= 15 is 0 Å². The van der Waals surface area contributed by atoms with Crippen LogP contribution in [-0.4, -0.2) is 14.8 Å². The van der Waals surface area contributed by atoms with Crippen LogP contribution in [0.25, 0.3) is 0 Å². The minimum Gasteiger partial charge on any atom is -0.188 e. The van der Waals surface area contributed by atoms with Gasteiger partial charge in [0.05, 0.1) is 0 Å². The lowest BCUT2D eigenvalue weighted by atomic mass is 11.5. The smallest absolute Gasteiger partial charge is 0.188 e. The molecule has 0 aromatic rings. The minimum absolute atomic E-state index is 2.61. The molecule has 0 unspecified atom stereocenters. The summed E-state index contributed by atoms with van der Waals surface area (Å²) in [5.74, 6) is 0. The average molecular weight is 167 g/mol. The summed E-state index contributed by atoms with van der Waals surface area (Å²) in [6, 6.07) is 0. The first-order chi connectivity index (χ1) is 3.73. The molecule has 0 saturated heterocycles. The molecule has 0 saturated carbocycles. The van der Waals surface area contributed by atoms with Crippen LogP contribution in [0.15, 0.2) is 0 Å². The third-order valence-corrected chi connectivity index (χ3v) is 0. The number of halogens is 4. The van der Waals surface area contributed by atoms with Gasteiger partial charge in [0.1, 0.15) is 0 Å². The highest BCUT2D eigenvalue weighted by Gasteiger charge is 2.24. The summed E-state index contributed by atoms with van der Waals surface area (Å²) in [6.45, 7) is 0. The molecule has 0 rings (SSSR count). The van der Waals surface area contributed by atoms with Gasteiger partial charge >= 0.3 is 16.9 Å². The number of hydrogen-bond acceptors (Lipinski definition) is 3. The number of rotatable bonds is 0. The van der Waals surface area contributed by atoms with Crippen LogP contribution in [0.5, 0.6) is 0 Å². The van der Waals surface area contributed by atoms with Crippen molar-refractivity contribution in [2.24, 2.45) is 0 Å². The van der Waals surface area contributed by atoms with E-state index in [1.54, 1.807) is 0 Å². The molecular weight excluding hydrogens is 166 g/mol. The summed E-state index contributed by atoms with van der Waals surface area (Å²) in [7, 11) is -2.61. The fourth-order valence-electron chi connectivity index (χ4n) is 0. The molecule has 0 amide bonds. The van der Waals surface area contributed by atoms with Crippen LogP contribution in [0.4, 0.5) is 17.6 Å². The van der Waals surface area contributed by atoms with Crippen molar-refractivity contribution in [1.82, 2.24) is 0 Å². The van der Waals surface area contributed by atoms with Gasteiger partial charge in [-0.25, -0.2) is 0 Å². The third kappa shape index (κ3) is 480. The van der Waals surface area contributed by atoms with E-state index in [1.807, 2.05) is 0 Å². The normalized spacial score (nSPS) is 9.33. The number of hydrogen-bond donors (Lipinski definition) is 1. The lowest BCUT2D eigenvalue weighted by Crippen LogP contribution is -1.92. The maximum atomic E-state index is 9.69. The van der Waals surface area contributed by atoms with Crippen LogP contribution in [-0.2, 0) is 10.5 Å². The molecule has 8 heteroatoms. The Morgan fingerprint density at radius 2 is 1.11 bits per heavy atom. The second-order valence-electron chi connectivity index (χ2n) is 0.663. The lowest BCUT2D eigenvalue weighted by Gasteiger charge is -1.82. The lowest BCUT2D eigenvalue weighted by molar-refractivity contribution is -0.237. The van der Waals surface area contributed by atoms with Gasteiger partial charge in [-0.3, -0.25) is 0 Å². The highest BCUT2D eigenvalue weighted by atomic mass is 32.2. The Kier molecular flexibility index (Phi) is 5.27. The standard InChI is InChI=1S/CF4.HNO2S/c2-1(3,4)5;1-4(2)3/h;1H. The Bertz CT molecular complexity index is 140. The first kappa shape index (κ1) is 11.2. The van der Waals surface area contributed by atoms with Crippen molar-refractivity contribution in [1.29, 1.82) is 4.78 Å². The molecule has 0 bridgehead atoms. The molecule has 56 valence electrons. The van der Waals surface area contributed by atoms with Crippen LogP contribution in [0.3, 0.4) is 0 Å². The van der Waals surface area contributed by atoms with Gasteiger partial charge in [0, 0.05) is 0 Å². The summed E-state index contributed by atoms with van der Waals surface area (Å²) >= 11 is 0. The van der Waals surface area contributed by atoms with Crippen LogP contribution < -0.4 is 0 Å². The summed E-state index contributed by atoms with van der Waals surface area (Å²) in [4.78, 5) is 0. The second-order valence-corrected chi connectivity index (χ2v) is 1.13. The van der Waals surface area contributed by atoms with Crippen molar-refractivity contribution in [2.45, 2.75) is 6.43 Å². The quantitative estimate of drug-likeness (QED) is 0.549. The van der Waals surface area contributed by atoms with Gasteiger partial charge in [-0.1, -0.05) is 0 Å². The van der Waals surface area contributed by atoms with Crippen LogP contribution in [0, 0.1) is 4.78 Å². The molecule has 0 aliphatic carbocycles. The van der Waals surface area contributed by atoms with Gasteiger partial charge in [-0.2, -0.15) is 13.2 Å². The highest BCUT2D eigenvalue weighted by Crippen LogP contribution is 2.13. The van der Waals surface area contributed by atoms with E-state index in [2.05, 4.69) is 0 Å². The summed E-state index contributed by atoms with van der Waals surface area (Å²) in [5, 5.41) is 0. The summed E-state index contributed by atoms with van der Waals surface area (Å²) in [5.41, 5.74) is 0. The van der Waals surface area contributed by atoms with Crippen molar-refractivity contribution >= 4 is 10.5 Å². The zero-order chi connectivity index (χ0) is 8.08. The highest BCUT2D eigenvalue weighted by molar-refractivity contribution is 7.60. The van der Waals surface area contributed by atoms with E-state index < -0.39 is 16.9 Å². The zero-order valence-corrected chi connectivity index (χ0v) is 4.55. The summed E-state index contributed by atoms with van der Waals surface area (Å²) in [6.07, 6.45) is -5.50. The SMILES string of the molecule is FC(F)(F)F.N=S(=O)=O. The first-order valence-electron chi connectivity index (χ1n) is 1.29.